The molecule has 1 aromatic heterocycles. The lowest BCUT2D eigenvalue weighted by atomic mass is 10.1. The molecule has 1 aliphatic heterocycles. The van der Waals surface area contributed by atoms with Gasteiger partial charge in [0, 0.05) is 36.5 Å². The van der Waals surface area contributed by atoms with E-state index in [1.54, 1.807) is 11.3 Å². The highest BCUT2D eigenvalue weighted by Crippen LogP contribution is 2.25. The van der Waals surface area contributed by atoms with Gasteiger partial charge in [0.2, 0.25) is 11.8 Å². The van der Waals surface area contributed by atoms with Crippen LogP contribution >= 0.6 is 11.3 Å². The average Bonchev–Trinajstić information content (AvgIpc) is 3.09. The van der Waals surface area contributed by atoms with Crippen molar-refractivity contribution in [1.29, 1.82) is 0 Å². The van der Waals surface area contributed by atoms with Gasteiger partial charge in [-0.15, -0.1) is 11.3 Å². The third-order valence-electron chi connectivity index (χ3n) is 4.73. The lowest BCUT2D eigenvalue weighted by Gasteiger charge is -2.27. The maximum Gasteiger partial charge on any atom is 0.224 e. The van der Waals surface area contributed by atoms with Crippen molar-refractivity contribution in [3.8, 4) is 0 Å². The average molecular weight is 356 g/mol. The first kappa shape index (κ1) is 17.7. The molecule has 1 N–H and O–H groups in total. The van der Waals surface area contributed by atoms with Crippen LogP contribution in [-0.4, -0.2) is 23.3 Å². The molecule has 1 aliphatic rings. The van der Waals surface area contributed by atoms with E-state index in [0.717, 1.165) is 36.2 Å². The summed E-state index contributed by atoms with van der Waals surface area (Å²) in [5, 5.41) is 5.07. The summed E-state index contributed by atoms with van der Waals surface area (Å²) in [5.74, 6) is -0.0296. The summed E-state index contributed by atoms with van der Waals surface area (Å²) in [4.78, 5) is 28.0. The molecule has 2 amide bonds. The van der Waals surface area contributed by atoms with Crippen LogP contribution in [0.2, 0.25) is 0 Å². The summed E-state index contributed by atoms with van der Waals surface area (Å²) in [6.07, 6.45) is 2.28. The van der Waals surface area contributed by atoms with E-state index < -0.39 is 0 Å². The Hall–Kier alpha value is -2.14. The first-order valence-corrected chi connectivity index (χ1v) is 9.67. The van der Waals surface area contributed by atoms with Crippen LogP contribution in [0.4, 0.5) is 5.69 Å². The Morgan fingerprint density at radius 3 is 2.88 bits per heavy atom. The largest absolute Gasteiger partial charge is 0.338 e. The van der Waals surface area contributed by atoms with Crippen LogP contribution in [-0.2, 0) is 29.0 Å². The summed E-state index contributed by atoms with van der Waals surface area (Å²) >= 11 is 1.76. The predicted molar refractivity (Wildman–Crippen MR) is 102 cm³/mol. The van der Waals surface area contributed by atoms with E-state index in [2.05, 4.69) is 23.7 Å². The Kier molecular flexibility index (Phi) is 5.53. The van der Waals surface area contributed by atoms with E-state index in [4.69, 9.17) is 0 Å². The third-order valence-corrected chi connectivity index (χ3v) is 5.75. The topological polar surface area (TPSA) is 49.4 Å². The molecule has 2 aromatic rings. The molecule has 0 unspecified atom stereocenters. The van der Waals surface area contributed by atoms with Gasteiger partial charge >= 0.3 is 0 Å². The van der Waals surface area contributed by atoms with Gasteiger partial charge < -0.3 is 10.2 Å². The smallest absolute Gasteiger partial charge is 0.224 e. The fourth-order valence-electron chi connectivity index (χ4n) is 3.24. The standard InChI is InChI=1S/C20H24N2O2S/c1-3-15-6-4-5-14(2)20(15)21-18(23)7-8-19(24)22-11-9-17-16(13-22)10-12-25-17/h4-6,10,12H,3,7-9,11,13H2,1-2H3,(H,21,23). The number of fused-ring (bicyclic) bond motifs is 1. The van der Waals surface area contributed by atoms with Crippen LogP contribution in [0.15, 0.2) is 29.6 Å². The van der Waals surface area contributed by atoms with Crippen molar-refractivity contribution >= 4 is 28.8 Å². The van der Waals surface area contributed by atoms with E-state index in [9.17, 15) is 9.59 Å². The predicted octanol–water partition coefficient (Wildman–Crippen LogP) is 3.92. The Bertz CT molecular complexity index is 782. The van der Waals surface area contributed by atoms with Crippen molar-refractivity contribution in [1.82, 2.24) is 4.90 Å². The van der Waals surface area contributed by atoms with Crippen molar-refractivity contribution in [2.45, 2.75) is 46.1 Å². The summed E-state index contributed by atoms with van der Waals surface area (Å²) in [5.41, 5.74) is 4.32. The Balaban J connectivity index is 1.54. The van der Waals surface area contributed by atoms with Gasteiger partial charge in [0.15, 0.2) is 0 Å². The maximum atomic E-state index is 12.4. The lowest BCUT2D eigenvalue weighted by molar-refractivity contribution is -0.133. The van der Waals surface area contributed by atoms with Crippen molar-refractivity contribution < 1.29 is 9.59 Å². The van der Waals surface area contributed by atoms with E-state index in [-0.39, 0.29) is 24.7 Å². The summed E-state index contributed by atoms with van der Waals surface area (Å²) in [6.45, 7) is 5.50. The number of nitrogens with zero attached hydrogens (tertiary/aromatic N) is 1. The number of anilines is 1. The van der Waals surface area contributed by atoms with Crippen molar-refractivity contribution in [2.24, 2.45) is 0 Å². The Labute approximate surface area is 152 Å². The van der Waals surface area contributed by atoms with Crippen LogP contribution in [0, 0.1) is 6.92 Å². The fraction of sp³-hybridized carbons (Fsp3) is 0.400. The van der Waals surface area contributed by atoms with Crippen LogP contribution in [0.25, 0.3) is 0 Å². The second-order valence-electron chi connectivity index (χ2n) is 6.45. The second-order valence-corrected chi connectivity index (χ2v) is 7.45. The second kappa shape index (κ2) is 7.83. The molecule has 132 valence electrons. The first-order chi connectivity index (χ1) is 12.1. The van der Waals surface area contributed by atoms with Crippen molar-refractivity contribution in [3.63, 3.8) is 0 Å². The zero-order valence-electron chi connectivity index (χ0n) is 14.8. The molecule has 0 atom stereocenters. The highest BCUT2D eigenvalue weighted by molar-refractivity contribution is 7.10. The van der Waals surface area contributed by atoms with Gasteiger partial charge in [-0.1, -0.05) is 25.1 Å². The Morgan fingerprint density at radius 1 is 1.24 bits per heavy atom. The van der Waals surface area contributed by atoms with Crippen LogP contribution in [0.1, 0.15) is 41.3 Å². The minimum Gasteiger partial charge on any atom is -0.338 e. The number of hydrogen-bond donors (Lipinski definition) is 1. The molecule has 1 aromatic carbocycles. The number of benzene rings is 1. The summed E-state index contributed by atoms with van der Waals surface area (Å²) < 4.78 is 0. The molecule has 0 bridgehead atoms. The quantitative estimate of drug-likeness (QED) is 0.883. The lowest BCUT2D eigenvalue weighted by Crippen LogP contribution is -2.35. The van der Waals surface area contributed by atoms with Gasteiger partial charge in [-0.25, -0.2) is 0 Å². The molecule has 3 rings (SSSR count). The van der Waals surface area contributed by atoms with Gasteiger partial charge in [0.1, 0.15) is 0 Å². The number of nitrogens with one attached hydrogen (secondary N) is 1. The number of thiophene rings is 1. The van der Waals surface area contributed by atoms with Gasteiger partial charge in [-0.3, -0.25) is 9.59 Å². The van der Waals surface area contributed by atoms with Gasteiger partial charge in [-0.2, -0.15) is 0 Å². The molecule has 5 heteroatoms. The molecule has 2 heterocycles. The van der Waals surface area contributed by atoms with Crippen molar-refractivity contribution in [3.05, 3.63) is 51.2 Å². The molecular formula is C20H24N2O2S. The molecule has 0 aliphatic carbocycles. The van der Waals surface area contributed by atoms with Gasteiger partial charge in [-0.05, 0) is 47.9 Å². The van der Waals surface area contributed by atoms with Crippen LogP contribution < -0.4 is 5.32 Å². The molecule has 0 radical (unpaired) electrons. The molecule has 0 fully saturated rings. The molecule has 25 heavy (non-hydrogen) atoms. The highest BCUT2D eigenvalue weighted by atomic mass is 32.1. The molecule has 0 saturated carbocycles. The number of carbonyl (C=O) groups excluding carboxylic acids is 2. The maximum absolute atomic E-state index is 12.4. The van der Waals surface area contributed by atoms with Crippen molar-refractivity contribution in [2.75, 3.05) is 11.9 Å². The number of para-hydroxylation sites is 1. The summed E-state index contributed by atoms with van der Waals surface area (Å²) in [7, 11) is 0. The fourth-order valence-corrected chi connectivity index (χ4v) is 4.13. The minimum absolute atomic E-state index is 0.0625. The summed E-state index contributed by atoms with van der Waals surface area (Å²) in [6, 6.07) is 8.12. The molecule has 4 nitrogen and oxygen atoms in total. The van der Waals surface area contributed by atoms with E-state index in [0.29, 0.717) is 6.54 Å². The zero-order chi connectivity index (χ0) is 17.8. The molecule has 0 spiro atoms. The zero-order valence-corrected chi connectivity index (χ0v) is 15.6. The molecular weight excluding hydrogens is 332 g/mol. The van der Waals surface area contributed by atoms with E-state index in [1.807, 2.05) is 30.0 Å². The first-order valence-electron chi connectivity index (χ1n) is 8.80. The normalized spacial score (nSPS) is 13.4. The van der Waals surface area contributed by atoms with E-state index in [1.165, 1.54) is 10.4 Å². The van der Waals surface area contributed by atoms with Gasteiger partial charge in [0.25, 0.3) is 0 Å². The third kappa shape index (κ3) is 4.10. The number of rotatable bonds is 5. The van der Waals surface area contributed by atoms with E-state index >= 15 is 0 Å². The molecule has 0 saturated heterocycles. The van der Waals surface area contributed by atoms with Gasteiger partial charge in [0.05, 0.1) is 0 Å². The monoisotopic (exact) mass is 356 g/mol. The SMILES string of the molecule is CCc1cccc(C)c1NC(=O)CCC(=O)N1CCc2sccc2C1. The number of hydrogen-bond acceptors (Lipinski definition) is 3. The minimum atomic E-state index is -0.0921. The number of amides is 2. The number of carbonyl (C=O) groups is 2. The van der Waals surface area contributed by atoms with Crippen LogP contribution in [0.3, 0.4) is 0 Å². The highest BCUT2D eigenvalue weighted by Gasteiger charge is 2.22. The Morgan fingerprint density at radius 2 is 2.08 bits per heavy atom. The number of aryl methyl sites for hydroxylation is 2. The van der Waals surface area contributed by atoms with Crippen LogP contribution in [0.5, 0.6) is 0 Å².